The molecule has 136 valence electrons. The molecule has 0 spiro atoms. The molecular formula is C20H23N3O3. The molecule has 3 rings (SSSR count). The van der Waals surface area contributed by atoms with Crippen molar-refractivity contribution in [3.8, 4) is 5.75 Å². The number of aromatic nitrogens is 2. The summed E-state index contributed by atoms with van der Waals surface area (Å²) in [5.41, 5.74) is 2.42. The van der Waals surface area contributed by atoms with Crippen LogP contribution in [0.5, 0.6) is 5.75 Å². The Morgan fingerprint density at radius 2 is 1.62 bits per heavy atom. The first-order valence-corrected chi connectivity index (χ1v) is 8.76. The smallest absolute Gasteiger partial charge is 0.329 e. The SMILES string of the molecule is CCCn1c(=O)n(CCC(=O)Nc2ccc(OC)cc2)c2ccccc21. The predicted octanol–water partition coefficient (Wildman–Crippen LogP) is 3.25. The molecule has 1 N–H and O–H groups in total. The number of nitrogens with zero attached hydrogens (tertiary/aromatic N) is 2. The number of hydrogen-bond acceptors (Lipinski definition) is 3. The summed E-state index contributed by atoms with van der Waals surface area (Å²) in [6, 6.07) is 14.9. The highest BCUT2D eigenvalue weighted by Gasteiger charge is 2.13. The first kappa shape index (κ1) is 17.8. The molecule has 1 amide bonds. The predicted molar refractivity (Wildman–Crippen MR) is 103 cm³/mol. The Morgan fingerprint density at radius 1 is 1.00 bits per heavy atom. The summed E-state index contributed by atoms with van der Waals surface area (Å²) in [6.45, 7) is 3.06. The van der Waals surface area contributed by atoms with Crippen molar-refractivity contribution in [3.63, 3.8) is 0 Å². The van der Waals surface area contributed by atoms with Gasteiger partial charge in [0.1, 0.15) is 5.75 Å². The molecule has 0 aliphatic heterocycles. The second-order valence-electron chi connectivity index (χ2n) is 6.10. The van der Waals surface area contributed by atoms with E-state index in [-0.39, 0.29) is 18.0 Å². The van der Waals surface area contributed by atoms with Gasteiger partial charge in [-0.1, -0.05) is 19.1 Å². The van der Waals surface area contributed by atoms with Crippen LogP contribution in [0.4, 0.5) is 5.69 Å². The van der Waals surface area contributed by atoms with Gasteiger partial charge >= 0.3 is 5.69 Å². The molecule has 0 aliphatic rings. The molecular weight excluding hydrogens is 330 g/mol. The number of amides is 1. The first-order chi connectivity index (χ1) is 12.6. The van der Waals surface area contributed by atoms with Gasteiger partial charge in [-0.25, -0.2) is 4.79 Å². The number of methoxy groups -OCH3 is 1. The molecule has 6 nitrogen and oxygen atoms in total. The summed E-state index contributed by atoms with van der Waals surface area (Å²) >= 11 is 0. The van der Waals surface area contributed by atoms with Crippen molar-refractivity contribution in [1.29, 1.82) is 0 Å². The standard InChI is InChI=1S/C20H23N3O3/c1-3-13-22-17-6-4-5-7-18(17)23(20(22)25)14-12-19(24)21-15-8-10-16(26-2)11-9-15/h4-11H,3,12-14H2,1-2H3,(H,21,24). The zero-order valence-corrected chi connectivity index (χ0v) is 15.1. The Hall–Kier alpha value is -3.02. The number of para-hydroxylation sites is 2. The third-order valence-electron chi connectivity index (χ3n) is 4.31. The van der Waals surface area contributed by atoms with Crippen molar-refractivity contribution in [2.24, 2.45) is 0 Å². The minimum atomic E-state index is -0.130. The average Bonchev–Trinajstić information content (AvgIpc) is 2.93. The number of anilines is 1. The largest absolute Gasteiger partial charge is 0.497 e. The van der Waals surface area contributed by atoms with E-state index < -0.39 is 0 Å². The maximum absolute atomic E-state index is 12.7. The maximum atomic E-state index is 12.7. The Kier molecular flexibility index (Phi) is 5.41. The third-order valence-corrected chi connectivity index (χ3v) is 4.31. The Bertz CT molecular complexity index is 955. The van der Waals surface area contributed by atoms with E-state index in [0.29, 0.717) is 18.8 Å². The number of hydrogen-bond donors (Lipinski definition) is 1. The Balaban J connectivity index is 1.73. The quantitative estimate of drug-likeness (QED) is 0.709. The first-order valence-electron chi connectivity index (χ1n) is 8.76. The van der Waals surface area contributed by atoms with Gasteiger partial charge in [-0.15, -0.1) is 0 Å². The van der Waals surface area contributed by atoms with Crippen LogP contribution in [0.1, 0.15) is 19.8 Å². The Labute approximate surface area is 152 Å². The van der Waals surface area contributed by atoms with Gasteiger partial charge in [0.05, 0.1) is 18.1 Å². The number of carbonyl (C=O) groups excluding carboxylic acids is 1. The Morgan fingerprint density at radius 3 is 2.19 bits per heavy atom. The van der Waals surface area contributed by atoms with Crippen LogP contribution in [-0.4, -0.2) is 22.2 Å². The van der Waals surface area contributed by atoms with Gasteiger partial charge in [0.25, 0.3) is 0 Å². The van der Waals surface area contributed by atoms with E-state index in [0.717, 1.165) is 23.2 Å². The lowest BCUT2D eigenvalue weighted by atomic mass is 10.3. The molecule has 26 heavy (non-hydrogen) atoms. The van der Waals surface area contributed by atoms with Gasteiger partial charge in [-0.2, -0.15) is 0 Å². The summed E-state index contributed by atoms with van der Waals surface area (Å²) in [5, 5.41) is 2.85. The number of carbonyl (C=O) groups is 1. The molecule has 6 heteroatoms. The lowest BCUT2D eigenvalue weighted by Gasteiger charge is -2.07. The number of ether oxygens (including phenoxy) is 1. The van der Waals surface area contributed by atoms with E-state index in [1.807, 2.05) is 31.2 Å². The molecule has 3 aromatic rings. The van der Waals surface area contributed by atoms with Gasteiger partial charge in [0.2, 0.25) is 5.91 Å². The lowest BCUT2D eigenvalue weighted by Crippen LogP contribution is -2.26. The lowest BCUT2D eigenvalue weighted by molar-refractivity contribution is -0.116. The van der Waals surface area contributed by atoms with Crippen molar-refractivity contribution in [3.05, 3.63) is 59.0 Å². The van der Waals surface area contributed by atoms with Crippen LogP contribution in [0.15, 0.2) is 53.3 Å². The molecule has 0 bridgehead atoms. The highest BCUT2D eigenvalue weighted by atomic mass is 16.5. The van der Waals surface area contributed by atoms with Crippen LogP contribution in [0.3, 0.4) is 0 Å². The zero-order chi connectivity index (χ0) is 18.5. The fourth-order valence-electron chi connectivity index (χ4n) is 3.04. The monoisotopic (exact) mass is 353 g/mol. The number of imidazole rings is 1. The van der Waals surface area contributed by atoms with Gasteiger partial charge in [0.15, 0.2) is 0 Å². The van der Waals surface area contributed by atoms with Crippen LogP contribution < -0.4 is 15.7 Å². The fourth-order valence-corrected chi connectivity index (χ4v) is 3.04. The zero-order valence-electron chi connectivity index (χ0n) is 15.1. The van der Waals surface area contributed by atoms with Crippen molar-refractivity contribution in [1.82, 2.24) is 9.13 Å². The molecule has 1 heterocycles. The second-order valence-corrected chi connectivity index (χ2v) is 6.10. The van der Waals surface area contributed by atoms with Crippen molar-refractivity contribution < 1.29 is 9.53 Å². The molecule has 0 aliphatic carbocycles. The highest BCUT2D eigenvalue weighted by molar-refractivity contribution is 5.90. The van der Waals surface area contributed by atoms with Crippen LogP contribution in [0.25, 0.3) is 11.0 Å². The average molecular weight is 353 g/mol. The minimum absolute atomic E-state index is 0.0645. The number of rotatable bonds is 7. The number of benzene rings is 2. The van der Waals surface area contributed by atoms with Crippen LogP contribution in [-0.2, 0) is 17.9 Å². The van der Waals surface area contributed by atoms with Crippen molar-refractivity contribution in [2.45, 2.75) is 32.9 Å². The van der Waals surface area contributed by atoms with Crippen LogP contribution in [0, 0.1) is 0 Å². The summed E-state index contributed by atoms with van der Waals surface area (Å²) in [7, 11) is 1.60. The van der Waals surface area contributed by atoms with E-state index in [9.17, 15) is 9.59 Å². The number of aryl methyl sites for hydroxylation is 2. The van der Waals surface area contributed by atoms with E-state index in [4.69, 9.17) is 4.74 Å². The molecule has 1 aromatic heterocycles. The number of nitrogens with one attached hydrogen (secondary N) is 1. The molecule has 0 radical (unpaired) electrons. The normalized spacial score (nSPS) is 10.8. The second kappa shape index (κ2) is 7.91. The summed E-state index contributed by atoms with van der Waals surface area (Å²) in [4.78, 5) is 25.0. The summed E-state index contributed by atoms with van der Waals surface area (Å²) < 4.78 is 8.56. The van der Waals surface area contributed by atoms with Crippen molar-refractivity contribution in [2.75, 3.05) is 12.4 Å². The molecule has 0 saturated heterocycles. The van der Waals surface area contributed by atoms with Gasteiger partial charge in [-0.05, 0) is 42.8 Å². The van der Waals surface area contributed by atoms with E-state index >= 15 is 0 Å². The number of fused-ring (bicyclic) bond motifs is 1. The highest BCUT2D eigenvalue weighted by Crippen LogP contribution is 2.16. The fraction of sp³-hybridized carbons (Fsp3) is 0.300. The van der Waals surface area contributed by atoms with E-state index in [2.05, 4.69) is 5.32 Å². The summed E-state index contributed by atoms with van der Waals surface area (Å²) in [6.07, 6.45) is 1.11. The van der Waals surface area contributed by atoms with Gasteiger partial charge < -0.3 is 10.1 Å². The topological polar surface area (TPSA) is 65.3 Å². The van der Waals surface area contributed by atoms with Crippen molar-refractivity contribution >= 4 is 22.6 Å². The van der Waals surface area contributed by atoms with Crippen LogP contribution >= 0.6 is 0 Å². The van der Waals surface area contributed by atoms with E-state index in [1.54, 1.807) is 40.5 Å². The summed E-state index contributed by atoms with van der Waals surface area (Å²) in [5.74, 6) is 0.604. The molecule has 0 unspecified atom stereocenters. The molecule has 0 atom stereocenters. The molecule has 0 fully saturated rings. The van der Waals surface area contributed by atoms with Gasteiger partial charge in [0, 0.05) is 25.2 Å². The minimum Gasteiger partial charge on any atom is -0.497 e. The third kappa shape index (κ3) is 3.64. The molecule has 0 saturated carbocycles. The van der Waals surface area contributed by atoms with Crippen LogP contribution in [0.2, 0.25) is 0 Å². The van der Waals surface area contributed by atoms with E-state index in [1.165, 1.54) is 0 Å². The maximum Gasteiger partial charge on any atom is 0.329 e. The molecule has 2 aromatic carbocycles. The van der Waals surface area contributed by atoms with Gasteiger partial charge in [-0.3, -0.25) is 13.9 Å².